The lowest BCUT2D eigenvalue weighted by atomic mass is 10.2. The van der Waals surface area contributed by atoms with Crippen molar-refractivity contribution >= 4 is 22.5 Å². The summed E-state index contributed by atoms with van der Waals surface area (Å²) in [6.07, 6.45) is 0. The van der Waals surface area contributed by atoms with Gasteiger partial charge in [-0.3, -0.25) is 19.7 Å². The number of hydrogen-bond donors (Lipinski definition) is 1. The third-order valence-corrected chi connectivity index (χ3v) is 2.76. The van der Waals surface area contributed by atoms with Crippen molar-refractivity contribution in [2.24, 2.45) is 12.8 Å². The largest absolute Gasteiger partial charge is 0.478 e. The standard InChI is InChI=1S/C12H11N3O5/c1-14-9-3-2-8(15(18)19)4-7(9)5-10(12(14)17)20-6-11(13)16/h2-5H,6H2,1H3,(H2,13,16). The van der Waals surface area contributed by atoms with Crippen molar-refractivity contribution in [3.63, 3.8) is 0 Å². The Morgan fingerprint density at radius 1 is 1.45 bits per heavy atom. The van der Waals surface area contributed by atoms with Gasteiger partial charge >= 0.3 is 0 Å². The van der Waals surface area contributed by atoms with Crippen LogP contribution in [0.15, 0.2) is 29.1 Å². The maximum atomic E-state index is 12.0. The molecule has 0 unspecified atom stereocenters. The van der Waals surface area contributed by atoms with Crippen molar-refractivity contribution in [1.29, 1.82) is 0 Å². The second-order valence-corrected chi connectivity index (χ2v) is 4.13. The number of ether oxygens (including phenoxy) is 1. The van der Waals surface area contributed by atoms with E-state index in [1.54, 1.807) is 0 Å². The summed E-state index contributed by atoms with van der Waals surface area (Å²) < 4.78 is 6.30. The molecule has 2 aromatic rings. The second kappa shape index (κ2) is 5.00. The van der Waals surface area contributed by atoms with Crippen molar-refractivity contribution in [3.8, 4) is 5.75 Å². The number of pyridine rings is 1. The number of primary amides is 1. The SMILES string of the molecule is Cn1c(=O)c(OCC(N)=O)cc2cc([N+](=O)[O-])ccc21. The van der Waals surface area contributed by atoms with E-state index in [4.69, 9.17) is 10.5 Å². The minimum absolute atomic E-state index is 0.0840. The molecule has 0 atom stereocenters. The number of aromatic nitrogens is 1. The quantitative estimate of drug-likeness (QED) is 0.637. The van der Waals surface area contributed by atoms with Crippen LogP contribution in [0.3, 0.4) is 0 Å². The molecule has 2 rings (SSSR count). The lowest BCUT2D eigenvalue weighted by molar-refractivity contribution is -0.384. The average Bonchev–Trinajstić information content (AvgIpc) is 2.40. The molecule has 1 amide bonds. The highest BCUT2D eigenvalue weighted by atomic mass is 16.6. The smallest absolute Gasteiger partial charge is 0.293 e. The van der Waals surface area contributed by atoms with E-state index in [9.17, 15) is 19.7 Å². The molecule has 104 valence electrons. The molecule has 0 radical (unpaired) electrons. The molecule has 0 bridgehead atoms. The summed E-state index contributed by atoms with van der Waals surface area (Å²) in [5, 5.41) is 11.2. The van der Waals surface area contributed by atoms with Crippen molar-refractivity contribution < 1.29 is 14.5 Å². The van der Waals surface area contributed by atoms with Gasteiger partial charge in [0.1, 0.15) is 0 Å². The monoisotopic (exact) mass is 277 g/mol. The molecule has 0 spiro atoms. The van der Waals surface area contributed by atoms with Crippen LogP contribution in [-0.4, -0.2) is 22.0 Å². The predicted octanol–water partition coefficient (Wildman–Crippen LogP) is 0.311. The first-order valence-electron chi connectivity index (χ1n) is 5.59. The van der Waals surface area contributed by atoms with Crippen molar-refractivity contribution in [3.05, 3.63) is 44.7 Å². The first-order valence-corrected chi connectivity index (χ1v) is 5.59. The fraction of sp³-hybridized carbons (Fsp3) is 0.167. The summed E-state index contributed by atoms with van der Waals surface area (Å²) in [4.78, 5) is 32.8. The first kappa shape index (κ1) is 13.5. The normalized spacial score (nSPS) is 10.4. The number of non-ortho nitro benzene ring substituents is 1. The van der Waals surface area contributed by atoms with Crippen molar-refractivity contribution in [2.45, 2.75) is 0 Å². The van der Waals surface area contributed by atoms with Crippen LogP contribution >= 0.6 is 0 Å². The summed E-state index contributed by atoms with van der Waals surface area (Å²) in [7, 11) is 1.51. The molecule has 8 heteroatoms. The van der Waals surface area contributed by atoms with Gasteiger partial charge in [0.2, 0.25) is 0 Å². The number of aryl methyl sites for hydroxylation is 1. The van der Waals surface area contributed by atoms with Gasteiger partial charge in [-0.2, -0.15) is 0 Å². The Bertz CT molecular complexity index is 766. The first-order chi connectivity index (χ1) is 9.40. The predicted molar refractivity (Wildman–Crippen MR) is 70.5 cm³/mol. The second-order valence-electron chi connectivity index (χ2n) is 4.13. The van der Waals surface area contributed by atoms with E-state index in [1.807, 2.05) is 0 Å². The van der Waals surface area contributed by atoms with Gasteiger partial charge < -0.3 is 15.0 Å². The maximum Gasteiger partial charge on any atom is 0.293 e. The fourth-order valence-electron chi connectivity index (χ4n) is 1.81. The van der Waals surface area contributed by atoms with Crippen LogP contribution in [0, 0.1) is 10.1 Å². The number of fused-ring (bicyclic) bond motifs is 1. The Morgan fingerprint density at radius 2 is 2.15 bits per heavy atom. The molecule has 2 N–H and O–H groups in total. The Kier molecular flexibility index (Phi) is 3.38. The van der Waals surface area contributed by atoms with Gasteiger partial charge in [0.05, 0.1) is 10.4 Å². The van der Waals surface area contributed by atoms with Gasteiger partial charge in [-0.25, -0.2) is 0 Å². The highest BCUT2D eigenvalue weighted by Gasteiger charge is 2.12. The van der Waals surface area contributed by atoms with Gasteiger partial charge in [-0.05, 0) is 12.1 Å². The van der Waals surface area contributed by atoms with Crippen LogP contribution in [0.5, 0.6) is 5.75 Å². The van der Waals surface area contributed by atoms with Gasteiger partial charge in [-0.15, -0.1) is 0 Å². The van der Waals surface area contributed by atoms with E-state index in [2.05, 4.69) is 0 Å². The van der Waals surface area contributed by atoms with Crippen LogP contribution < -0.4 is 16.0 Å². The van der Waals surface area contributed by atoms with Gasteiger partial charge in [0.25, 0.3) is 17.2 Å². The molecule has 1 aromatic heterocycles. The number of amides is 1. The summed E-state index contributed by atoms with van der Waals surface area (Å²) in [5.41, 5.74) is 4.91. The molecule has 0 fully saturated rings. The van der Waals surface area contributed by atoms with Crippen LogP contribution in [0.2, 0.25) is 0 Å². The van der Waals surface area contributed by atoms with E-state index in [0.29, 0.717) is 10.9 Å². The van der Waals surface area contributed by atoms with Crippen LogP contribution in [0.25, 0.3) is 10.9 Å². The lowest BCUT2D eigenvalue weighted by Crippen LogP contribution is -2.25. The number of carbonyl (C=O) groups excluding carboxylic acids is 1. The van der Waals surface area contributed by atoms with E-state index in [-0.39, 0.29) is 11.4 Å². The van der Waals surface area contributed by atoms with Gasteiger partial charge in [0, 0.05) is 24.6 Å². The Hall–Kier alpha value is -2.90. The van der Waals surface area contributed by atoms with E-state index in [0.717, 1.165) is 0 Å². The van der Waals surface area contributed by atoms with E-state index >= 15 is 0 Å². The topological polar surface area (TPSA) is 117 Å². The van der Waals surface area contributed by atoms with Crippen molar-refractivity contribution in [2.75, 3.05) is 6.61 Å². The van der Waals surface area contributed by atoms with Crippen LogP contribution in [0.4, 0.5) is 5.69 Å². The molecule has 1 aromatic carbocycles. The summed E-state index contributed by atoms with van der Waals surface area (Å²) >= 11 is 0. The number of rotatable bonds is 4. The van der Waals surface area contributed by atoms with Crippen LogP contribution in [0.1, 0.15) is 0 Å². The van der Waals surface area contributed by atoms with E-state index in [1.165, 1.54) is 35.9 Å². The number of nitro benzene ring substituents is 1. The Labute approximate surface area is 112 Å². The number of nitro groups is 1. The molecule has 0 aliphatic rings. The molecule has 0 saturated carbocycles. The number of nitrogens with two attached hydrogens (primary N) is 1. The van der Waals surface area contributed by atoms with Crippen molar-refractivity contribution in [1.82, 2.24) is 4.57 Å². The minimum atomic E-state index is -0.716. The fourth-order valence-corrected chi connectivity index (χ4v) is 1.81. The lowest BCUT2D eigenvalue weighted by Gasteiger charge is -2.09. The number of nitrogens with zero attached hydrogens (tertiary/aromatic N) is 2. The molecular weight excluding hydrogens is 266 g/mol. The number of carbonyl (C=O) groups is 1. The van der Waals surface area contributed by atoms with E-state index < -0.39 is 23.0 Å². The molecule has 1 heterocycles. The number of benzene rings is 1. The summed E-state index contributed by atoms with van der Waals surface area (Å²) in [6, 6.07) is 5.47. The zero-order chi connectivity index (χ0) is 14.9. The van der Waals surface area contributed by atoms with Gasteiger partial charge in [-0.1, -0.05) is 0 Å². The zero-order valence-corrected chi connectivity index (χ0v) is 10.5. The highest BCUT2D eigenvalue weighted by Crippen LogP contribution is 2.22. The minimum Gasteiger partial charge on any atom is -0.478 e. The zero-order valence-electron chi connectivity index (χ0n) is 10.5. The molecule has 0 aliphatic heterocycles. The maximum absolute atomic E-state index is 12.0. The molecule has 0 saturated heterocycles. The summed E-state index contributed by atoms with van der Waals surface area (Å²) in [6.45, 7) is -0.435. The third-order valence-electron chi connectivity index (χ3n) is 2.76. The summed E-state index contributed by atoms with van der Waals surface area (Å²) in [5.74, 6) is -0.800. The highest BCUT2D eigenvalue weighted by molar-refractivity contribution is 5.83. The van der Waals surface area contributed by atoms with Crippen LogP contribution in [-0.2, 0) is 11.8 Å². The molecule has 0 aliphatic carbocycles. The average molecular weight is 277 g/mol. The Morgan fingerprint density at radius 3 is 2.75 bits per heavy atom. The molecule has 20 heavy (non-hydrogen) atoms. The molecule has 8 nitrogen and oxygen atoms in total. The van der Waals surface area contributed by atoms with Gasteiger partial charge in [0.15, 0.2) is 12.4 Å². The number of hydrogen-bond acceptors (Lipinski definition) is 5. The third kappa shape index (κ3) is 2.44. The molecular formula is C12H11N3O5. The Balaban J connectivity index is 2.60.